The standard InChI is InChI=1S/C16H19NO/c1-11-4-6-13(3)14(8-11)10-18-16-9-12(2)5-7-15(16)17/h4-9H,10,17H2,1-3H3. The molecule has 2 heteroatoms. The van der Waals surface area contributed by atoms with Gasteiger partial charge in [-0.1, -0.05) is 29.8 Å². The van der Waals surface area contributed by atoms with Crippen molar-refractivity contribution in [2.75, 3.05) is 5.73 Å². The summed E-state index contributed by atoms with van der Waals surface area (Å²) in [5, 5.41) is 0. The smallest absolute Gasteiger partial charge is 0.142 e. The van der Waals surface area contributed by atoms with Crippen molar-refractivity contribution in [2.45, 2.75) is 27.4 Å². The fourth-order valence-corrected chi connectivity index (χ4v) is 1.88. The molecular weight excluding hydrogens is 222 g/mol. The average molecular weight is 241 g/mol. The van der Waals surface area contributed by atoms with Crippen molar-refractivity contribution < 1.29 is 4.74 Å². The van der Waals surface area contributed by atoms with Crippen LogP contribution in [0.25, 0.3) is 0 Å². The van der Waals surface area contributed by atoms with E-state index >= 15 is 0 Å². The van der Waals surface area contributed by atoms with Gasteiger partial charge in [0, 0.05) is 0 Å². The molecule has 94 valence electrons. The van der Waals surface area contributed by atoms with Crippen LogP contribution < -0.4 is 10.5 Å². The zero-order chi connectivity index (χ0) is 13.1. The number of benzene rings is 2. The van der Waals surface area contributed by atoms with E-state index in [1.165, 1.54) is 16.7 Å². The normalized spacial score (nSPS) is 10.4. The van der Waals surface area contributed by atoms with Crippen LogP contribution in [0.3, 0.4) is 0 Å². The number of aryl methyl sites for hydroxylation is 3. The second-order valence-electron chi connectivity index (χ2n) is 4.76. The van der Waals surface area contributed by atoms with Crippen LogP contribution in [0, 0.1) is 20.8 Å². The van der Waals surface area contributed by atoms with Gasteiger partial charge in [-0.3, -0.25) is 0 Å². The summed E-state index contributed by atoms with van der Waals surface area (Å²) in [7, 11) is 0. The van der Waals surface area contributed by atoms with Crippen LogP contribution in [0.5, 0.6) is 5.75 Å². The molecule has 0 saturated carbocycles. The van der Waals surface area contributed by atoms with Crippen molar-refractivity contribution in [3.8, 4) is 5.75 Å². The zero-order valence-electron chi connectivity index (χ0n) is 11.2. The van der Waals surface area contributed by atoms with E-state index in [1.807, 2.05) is 25.1 Å². The summed E-state index contributed by atoms with van der Waals surface area (Å²) in [6.45, 7) is 6.77. The third-order valence-corrected chi connectivity index (χ3v) is 3.06. The summed E-state index contributed by atoms with van der Waals surface area (Å²) in [5.41, 5.74) is 11.4. The minimum Gasteiger partial charge on any atom is -0.487 e. The monoisotopic (exact) mass is 241 g/mol. The largest absolute Gasteiger partial charge is 0.487 e. The molecule has 0 amide bonds. The van der Waals surface area contributed by atoms with Crippen molar-refractivity contribution in [3.05, 3.63) is 58.7 Å². The molecule has 2 rings (SSSR count). The Kier molecular flexibility index (Phi) is 3.56. The predicted octanol–water partition coefficient (Wildman–Crippen LogP) is 3.77. The van der Waals surface area contributed by atoms with Gasteiger partial charge in [0.25, 0.3) is 0 Å². The molecule has 0 heterocycles. The average Bonchev–Trinajstić information content (AvgIpc) is 2.34. The molecule has 2 aromatic rings. The van der Waals surface area contributed by atoms with Crippen LogP contribution in [0.4, 0.5) is 5.69 Å². The number of nitrogens with two attached hydrogens (primary N) is 1. The first kappa shape index (κ1) is 12.5. The van der Waals surface area contributed by atoms with Gasteiger partial charge in [0.05, 0.1) is 5.69 Å². The maximum Gasteiger partial charge on any atom is 0.142 e. The lowest BCUT2D eigenvalue weighted by molar-refractivity contribution is 0.307. The Labute approximate surface area is 108 Å². The zero-order valence-corrected chi connectivity index (χ0v) is 11.2. The molecule has 0 bridgehead atoms. The molecule has 0 saturated heterocycles. The van der Waals surface area contributed by atoms with E-state index in [0.717, 1.165) is 11.3 Å². The van der Waals surface area contributed by atoms with E-state index in [9.17, 15) is 0 Å². The highest BCUT2D eigenvalue weighted by atomic mass is 16.5. The first-order valence-corrected chi connectivity index (χ1v) is 6.11. The Morgan fingerprint density at radius 2 is 1.61 bits per heavy atom. The number of rotatable bonds is 3. The number of ether oxygens (including phenoxy) is 1. The van der Waals surface area contributed by atoms with Crippen LogP contribution in [0.2, 0.25) is 0 Å². The summed E-state index contributed by atoms with van der Waals surface area (Å²) in [6, 6.07) is 12.2. The molecule has 2 nitrogen and oxygen atoms in total. The Bertz CT molecular complexity index is 510. The van der Waals surface area contributed by atoms with Gasteiger partial charge in [0.2, 0.25) is 0 Å². The lowest BCUT2D eigenvalue weighted by Crippen LogP contribution is -2.01. The van der Waals surface area contributed by atoms with E-state index in [-0.39, 0.29) is 0 Å². The van der Waals surface area contributed by atoms with Crippen molar-refractivity contribution in [1.29, 1.82) is 0 Å². The molecule has 0 radical (unpaired) electrons. The number of anilines is 1. The molecule has 18 heavy (non-hydrogen) atoms. The highest BCUT2D eigenvalue weighted by Crippen LogP contribution is 2.24. The predicted molar refractivity (Wildman–Crippen MR) is 75.8 cm³/mol. The molecule has 0 unspecified atom stereocenters. The Balaban J connectivity index is 2.16. The van der Waals surface area contributed by atoms with Crippen LogP contribution in [0.15, 0.2) is 36.4 Å². The van der Waals surface area contributed by atoms with Gasteiger partial charge in [-0.2, -0.15) is 0 Å². The molecule has 2 N–H and O–H groups in total. The molecule has 0 spiro atoms. The molecule has 2 aromatic carbocycles. The summed E-state index contributed by atoms with van der Waals surface area (Å²) in [6.07, 6.45) is 0. The maximum atomic E-state index is 5.90. The van der Waals surface area contributed by atoms with E-state index in [0.29, 0.717) is 12.3 Å². The van der Waals surface area contributed by atoms with Crippen molar-refractivity contribution in [2.24, 2.45) is 0 Å². The molecule has 0 aliphatic heterocycles. The highest BCUT2D eigenvalue weighted by Gasteiger charge is 2.03. The van der Waals surface area contributed by atoms with Crippen LogP contribution in [-0.4, -0.2) is 0 Å². The summed E-state index contributed by atoms with van der Waals surface area (Å²) in [5.74, 6) is 0.760. The third-order valence-electron chi connectivity index (χ3n) is 3.06. The number of hydrogen-bond donors (Lipinski definition) is 1. The second kappa shape index (κ2) is 5.13. The Hall–Kier alpha value is -1.96. The fraction of sp³-hybridized carbons (Fsp3) is 0.250. The molecule has 0 aliphatic carbocycles. The minimum atomic E-state index is 0.557. The quantitative estimate of drug-likeness (QED) is 0.830. The van der Waals surface area contributed by atoms with E-state index in [4.69, 9.17) is 10.5 Å². The van der Waals surface area contributed by atoms with Gasteiger partial charge in [0.1, 0.15) is 12.4 Å². The first-order valence-electron chi connectivity index (χ1n) is 6.11. The number of nitrogen functional groups attached to an aromatic ring is 1. The molecule has 0 aliphatic rings. The maximum absolute atomic E-state index is 5.90. The topological polar surface area (TPSA) is 35.2 Å². The lowest BCUT2D eigenvalue weighted by atomic mass is 10.1. The van der Waals surface area contributed by atoms with Gasteiger partial charge in [0.15, 0.2) is 0 Å². The Morgan fingerprint density at radius 3 is 2.39 bits per heavy atom. The van der Waals surface area contributed by atoms with Gasteiger partial charge >= 0.3 is 0 Å². The van der Waals surface area contributed by atoms with Gasteiger partial charge in [-0.05, 0) is 49.6 Å². The van der Waals surface area contributed by atoms with Gasteiger partial charge < -0.3 is 10.5 Å². The van der Waals surface area contributed by atoms with Gasteiger partial charge in [-0.15, -0.1) is 0 Å². The lowest BCUT2D eigenvalue weighted by Gasteiger charge is -2.12. The fourth-order valence-electron chi connectivity index (χ4n) is 1.88. The SMILES string of the molecule is Cc1ccc(C)c(COc2cc(C)ccc2N)c1. The van der Waals surface area contributed by atoms with E-state index < -0.39 is 0 Å². The third kappa shape index (κ3) is 2.83. The van der Waals surface area contributed by atoms with Crippen molar-refractivity contribution in [3.63, 3.8) is 0 Å². The second-order valence-corrected chi connectivity index (χ2v) is 4.76. The summed E-state index contributed by atoms with van der Waals surface area (Å²) < 4.78 is 5.81. The van der Waals surface area contributed by atoms with Crippen LogP contribution >= 0.6 is 0 Å². The molecular formula is C16H19NO. The molecule has 0 aromatic heterocycles. The highest BCUT2D eigenvalue weighted by molar-refractivity contribution is 5.53. The van der Waals surface area contributed by atoms with Crippen molar-refractivity contribution in [1.82, 2.24) is 0 Å². The van der Waals surface area contributed by atoms with E-state index in [1.54, 1.807) is 0 Å². The van der Waals surface area contributed by atoms with Gasteiger partial charge in [-0.25, -0.2) is 0 Å². The molecule has 0 atom stereocenters. The summed E-state index contributed by atoms with van der Waals surface area (Å²) in [4.78, 5) is 0. The molecule has 0 fully saturated rings. The van der Waals surface area contributed by atoms with Crippen LogP contribution in [0.1, 0.15) is 22.3 Å². The summed E-state index contributed by atoms with van der Waals surface area (Å²) >= 11 is 0. The minimum absolute atomic E-state index is 0.557. The number of hydrogen-bond acceptors (Lipinski definition) is 2. The Morgan fingerprint density at radius 1 is 0.944 bits per heavy atom. The van der Waals surface area contributed by atoms with Crippen molar-refractivity contribution >= 4 is 5.69 Å². The van der Waals surface area contributed by atoms with Crippen LogP contribution in [-0.2, 0) is 6.61 Å². The van der Waals surface area contributed by atoms with E-state index in [2.05, 4.69) is 32.0 Å². The first-order chi connectivity index (χ1) is 8.56.